The topological polar surface area (TPSA) is 73.9 Å². The summed E-state index contributed by atoms with van der Waals surface area (Å²) in [6.07, 6.45) is -0.740. The Labute approximate surface area is 130 Å². The van der Waals surface area contributed by atoms with Crippen molar-refractivity contribution in [3.63, 3.8) is 0 Å². The molecule has 1 atom stereocenters. The summed E-state index contributed by atoms with van der Waals surface area (Å²) in [5.74, 6) is -0.00913. The summed E-state index contributed by atoms with van der Waals surface area (Å²) in [5, 5.41) is 2.57. The van der Waals surface area contributed by atoms with Crippen LogP contribution in [0.5, 0.6) is 5.75 Å². The molecule has 1 N–H and O–H groups in total. The van der Waals surface area contributed by atoms with Gasteiger partial charge >= 0.3 is 12.1 Å². The molecule has 6 nitrogen and oxygen atoms in total. The molecule has 1 rings (SSSR count). The van der Waals surface area contributed by atoms with E-state index in [-0.39, 0.29) is 0 Å². The number of rotatable bonds is 4. The first-order valence-corrected chi connectivity index (χ1v) is 6.86. The van der Waals surface area contributed by atoms with Crippen LogP contribution < -0.4 is 10.1 Å². The van der Waals surface area contributed by atoms with Crippen molar-refractivity contribution in [1.82, 2.24) is 0 Å². The lowest BCUT2D eigenvalue weighted by Crippen LogP contribution is -2.52. The van der Waals surface area contributed by atoms with Crippen LogP contribution in [0.15, 0.2) is 24.3 Å². The highest BCUT2D eigenvalue weighted by atomic mass is 16.6. The van der Waals surface area contributed by atoms with Gasteiger partial charge in [0, 0.05) is 17.2 Å². The van der Waals surface area contributed by atoms with E-state index in [0.29, 0.717) is 11.4 Å². The van der Waals surface area contributed by atoms with Crippen LogP contribution >= 0.6 is 0 Å². The van der Waals surface area contributed by atoms with E-state index in [1.165, 1.54) is 21.1 Å². The summed E-state index contributed by atoms with van der Waals surface area (Å²) in [6, 6.07) is 6.83. The van der Waals surface area contributed by atoms with Crippen LogP contribution in [-0.2, 0) is 14.3 Å². The maximum absolute atomic E-state index is 12.1. The molecule has 122 valence electrons. The molecular formula is C16H23NO5. The molecular weight excluding hydrogens is 286 g/mol. The number of ether oxygens (including phenoxy) is 3. The molecule has 0 unspecified atom stereocenters. The molecule has 1 aromatic carbocycles. The van der Waals surface area contributed by atoms with E-state index in [1.54, 1.807) is 45.0 Å². The van der Waals surface area contributed by atoms with E-state index in [9.17, 15) is 9.59 Å². The summed E-state index contributed by atoms with van der Waals surface area (Å²) in [4.78, 5) is 24.1. The van der Waals surface area contributed by atoms with Crippen molar-refractivity contribution in [1.29, 1.82) is 0 Å². The van der Waals surface area contributed by atoms with E-state index in [1.807, 2.05) is 0 Å². The smallest absolute Gasteiger partial charge is 0.412 e. The largest absolute Gasteiger partial charge is 0.497 e. The number of methoxy groups -OCH3 is 2. The molecule has 1 aromatic rings. The Balaban J connectivity index is 2.90. The second-order valence-corrected chi connectivity index (χ2v) is 6.02. The van der Waals surface area contributed by atoms with Crippen LogP contribution in [0.2, 0.25) is 0 Å². The number of benzene rings is 1. The molecule has 0 fully saturated rings. The first-order valence-electron chi connectivity index (χ1n) is 6.86. The van der Waals surface area contributed by atoms with Gasteiger partial charge in [0.1, 0.15) is 5.75 Å². The Kier molecular flexibility index (Phi) is 5.41. The standard InChI is InChI=1S/C16H23NO5/c1-15(2,3)16(4,13(18)21-6)22-14(19)17-11-8-7-9-12(10-11)20-5/h7-10H,1-6H3,(H,17,19)/t16-/m1/s1. The average Bonchev–Trinajstić information content (AvgIpc) is 2.45. The molecule has 0 saturated carbocycles. The van der Waals surface area contributed by atoms with E-state index in [4.69, 9.17) is 14.2 Å². The zero-order chi connectivity index (χ0) is 17.0. The minimum absolute atomic E-state index is 0.505. The van der Waals surface area contributed by atoms with Crippen LogP contribution in [0.4, 0.5) is 10.5 Å². The molecule has 0 aliphatic rings. The number of carbonyl (C=O) groups excluding carboxylic acids is 2. The van der Waals surface area contributed by atoms with Crippen LogP contribution in [0.25, 0.3) is 0 Å². The van der Waals surface area contributed by atoms with Gasteiger partial charge in [0.15, 0.2) is 0 Å². The summed E-state index contributed by atoms with van der Waals surface area (Å²) in [5.41, 5.74) is -1.54. The van der Waals surface area contributed by atoms with Crippen molar-refractivity contribution < 1.29 is 23.8 Å². The lowest BCUT2D eigenvalue weighted by Gasteiger charge is -2.37. The molecule has 0 spiro atoms. The van der Waals surface area contributed by atoms with Gasteiger partial charge in [0.05, 0.1) is 14.2 Å². The minimum atomic E-state index is -1.41. The molecule has 0 saturated heterocycles. The maximum Gasteiger partial charge on any atom is 0.412 e. The summed E-state index contributed by atoms with van der Waals surface area (Å²) >= 11 is 0. The molecule has 0 radical (unpaired) electrons. The molecule has 0 aromatic heterocycles. The normalized spacial score (nSPS) is 13.7. The number of nitrogens with one attached hydrogen (secondary N) is 1. The first-order chi connectivity index (χ1) is 10.1. The van der Waals surface area contributed by atoms with Crippen LogP contribution in [0.3, 0.4) is 0 Å². The van der Waals surface area contributed by atoms with Crippen molar-refractivity contribution in [2.75, 3.05) is 19.5 Å². The lowest BCUT2D eigenvalue weighted by molar-refractivity contribution is -0.171. The quantitative estimate of drug-likeness (QED) is 0.864. The number of hydrogen-bond acceptors (Lipinski definition) is 5. The van der Waals surface area contributed by atoms with Gasteiger partial charge in [-0.05, 0) is 19.1 Å². The average molecular weight is 309 g/mol. The Morgan fingerprint density at radius 2 is 1.73 bits per heavy atom. The van der Waals surface area contributed by atoms with Crippen molar-refractivity contribution in [3.8, 4) is 5.75 Å². The Morgan fingerprint density at radius 3 is 2.23 bits per heavy atom. The van der Waals surface area contributed by atoms with E-state index >= 15 is 0 Å². The third-order valence-electron chi connectivity index (χ3n) is 3.62. The minimum Gasteiger partial charge on any atom is -0.497 e. The van der Waals surface area contributed by atoms with E-state index in [2.05, 4.69) is 5.32 Å². The Hall–Kier alpha value is -2.24. The number of carbonyl (C=O) groups is 2. The summed E-state index contributed by atoms with van der Waals surface area (Å²) in [7, 11) is 2.79. The number of esters is 1. The molecule has 22 heavy (non-hydrogen) atoms. The van der Waals surface area contributed by atoms with Gasteiger partial charge in [-0.25, -0.2) is 9.59 Å². The Morgan fingerprint density at radius 1 is 1.09 bits per heavy atom. The second-order valence-electron chi connectivity index (χ2n) is 6.02. The molecule has 0 aliphatic carbocycles. The molecule has 6 heteroatoms. The van der Waals surface area contributed by atoms with Crippen molar-refractivity contribution in [3.05, 3.63) is 24.3 Å². The number of amides is 1. The van der Waals surface area contributed by atoms with E-state index in [0.717, 1.165) is 0 Å². The Bertz CT molecular complexity index is 550. The predicted molar refractivity (Wildman–Crippen MR) is 83.0 cm³/mol. The van der Waals surface area contributed by atoms with Crippen LogP contribution in [0.1, 0.15) is 27.7 Å². The van der Waals surface area contributed by atoms with Crippen molar-refractivity contribution in [2.45, 2.75) is 33.3 Å². The second kappa shape index (κ2) is 6.68. The van der Waals surface area contributed by atoms with Gasteiger partial charge < -0.3 is 14.2 Å². The predicted octanol–water partition coefficient (Wildman–Crippen LogP) is 3.22. The van der Waals surface area contributed by atoms with Gasteiger partial charge in [0.2, 0.25) is 5.60 Å². The molecule has 0 bridgehead atoms. The first kappa shape index (κ1) is 17.8. The van der Waals surface area contributed by atoms with Gasteiger partial charge in [-0.3, -0.25) is 5.32 Å². The number of anilines is 1. The third-order valence-corrected chi connectivity index (χ3v) is 3.62. The van der Waals surface area contributed by atoms with Gasteiger partial charge in [0.25, 0.3) is 0 Å². The summed E-state index contributed by atoms with van der Waals surface area (Å²) < 4.78 is 15.2. The fraction of sp³-hybridized carbons (Fsp3) is 0.500. The van der Waals surface area contributed by atoms with Gasteiger partial charge in [-0.1, -0.05) is 26.8 Å². The third kappa shape index (κ3) is 3.90. The highest BCUT2D eigenvalue weighted by molar-refractivity contribution is 5.89. The van der Waals surface area contributed by atoms with E-state index < -0.39 is 23.1 Å². The SMILES string of the molecule is COC(=O)[C@@](C)(OC(=O)Nc1cccc(OC)c1)C(C)(C)C. The van der Waals surface area contributed by atoms with Crippen molar-refractivity contribution in [2.24, 2.45) is 5.41 Å². The number of hydrogen-bond donors (Lipinski definition) is 1. The van der Waals surface area contributed by atoms with Gasteiger partial charge in [-0.2, -0.15) is 0 Å². The lowest BCUT2D eigenvalue weighted by atomic mass is 9.77. The van der Waals surface area contributed by atoms with Gasteiger partial charge in [-0.15, -0.1) is 0 Å². The maximum atomic E-state index is 12.1. The highest BCUT2D eigenvalue weighted by Gasteiger charge is 2.49. The highest BCUT2D eigenvalue weighted by Crippen LogP contribution is 2.35. The van der Waals surface area contributed by atoms with Crippen molar-refractivity contribution >= 4 is 17.7 Å². The summed E-state index contributed by atoms with van der Waals surface area (Å²) in [6.45, 7) is 6.91. The zero-order valence-corrected chi connectivity index (χ0v) is 13.9. The fourth-order valence-corrected chi connectivity index (χ4v) is 1.73. The molecule has 0 aliphatic heterocycles. The zero-order valence-electron chi connectivity index (χ0n) is 13.9. The van der Waals surface area contributed by atoms with Crippen LogP contribution in [-0.4, -0.2) is 31.9 Å². The van der Waals surface area contributed by atoms with Crippen LogP contribution in [0, 0.1) is 5.41 Å². The molecule has 1 amide bonds. The molecule has 0 heterocycles. The monoisotopic (exact) mass is 309 g/mol. The fourth-order valence-electron chi connectivity index (χ4n) is 1.73.